The molecule has 0 aliphatic heterocycles. The Morgan fingerprint density at radius 3 is 2.30 bits per heavy atom. The molecule has 0 aromatic heterocycles. The Labute approximate surface area is 131 Å². The molecule has 3 N–H and O–H groups in total. The minimum absolute atomic E-state index is 0.0612. The molecule has 0 spiro atoms. The number of halogens is 3. The van der Waals surface area contributed by atoms with E-state index in [-0.39, 0.29) is 18.4 Å². The Morgan fingerprint density at radius 2 is 1.87 bits per heavy atom. The third-order valence-electron chi connectivity index (χ3n) is 2.88. The number of phenolic OH excluding ortho intramolecular Hbond substituents is 1. The normalized spacial score (nSPS) is 14.0. The zero-order valence-electron chi connectivity index (χ0n) is 12.3. The van der Waals surface area contributed by atoms with Gasteiger partial charge in [0.15, 0.2) is 0 Å². The molecule has 0 fully saturated rings. The van der Waals surface area contributed by atoms with Gasteiger partial charge in [-0.3, -0.25) is 4.79 Å². The molecule has 1 aromatic rings. The number of carboxylic acids is 1. The molecule has 10 heteroatoms. The van der Waals surface area contributed by atoms with Crippen LogP contribution in [0.4, 0.5) is 13.2 Å². The predicted octanol–water partition coefficient (Wildman–Crippen LogP) is 2.19. The third kappa shape index (κ3) is 5.10. The third-order valence-corrected chi connectivity index (χ3v) is 4.38. The first-order valence-corrected chi connectivity index (χ1v) is 7.98. The number of phenols is 1. The van der Waals surface area contributed by atoms with Crippen LogP contribution in [0.25, 0.3) is 0 Å². The van der Waals surface area contributed by atoms with Gasteiger partial charge in [0.1, 0.15) is 16.7 Å². The molecule has 130 valence electrons. The Balaban J connectivity index is 3.24. The predicted molar refractivity (Wildman–Crippen MR) is 74.3 cm³/mol. The molecule has 23 heavy (non-hydrogen) atoms. The van der Waals surface area contributed by atoms with Crippen molar-refractivity contribution in [3.05, 3.63) is 23.8 Å². The summed E-state index contributed by atoms with van der Waals surface area (Å²) in [6.07, 6.45) is -4.86. The zero-order chi connectivity index (χ0) is 18.0. The molecule has 1 rings (SSSR count). The van der Waals surface area contributed by atoms with Crippen LogP contribution in [0.1, 0.15) is 25.8 Å². The second kappa shape index (κ2) is 6.75. The first-order chi connectivity index (χ1) is 10.3. The summed E-state index contributed by atoms with van der Waals surface area (Å²) in [5.74, 6) is -2.54. The molecule has 0 amide bonds. The highest BCUT2D eigenvalue weighted by atomic mass is 32.2. The van der Waals surface area contributed by atoms with Gasteiger partial charge in [0.2, 0.25) is 10.0 Å². The van der Waals surface area contributed by atoms with E-state index < -0.39 is 44.4 Å². The molecule has 0 unspecified atom stereocenters. The second-order valence-electron chi connectivity index (χ2n) is 5.32. The number of rotatable bonds is 6. The molecule has 0 heterocycles. The van der Waals surface area contributed by atoms with Crippen LogP contribution in [0.5, 0.6) is 5.75 Å². The van der Waals surface area contributed by atoms with Crippen molar-refractivity contribution in [2.24, 2.45) is 5.92 Å². The van der Waals surface area contributed by atoms with Crippen molar-refractivity contribution in [2.75, 3.05) is 0 Å². The molecule has 0 bridgehead atoms. The van der Waals surface area contributed by atoms with E-state index >= 15 is 0 Å². The fourth-order valence-corrected chi connectivity index (χ4v) is 3.15. The largest absolute Gasteiger partial charge is 0.507 e. The van der Waals surface area contributed by atoms with Crippen molar-refractivity contribution in [2.45, 2.75) is 37.4 Å². The molecule has 1 aromatic carbocycles. The Bertz CT molecular complexity index is 685. The Morgan fingerprint density at radius 1 is 1.30 bits per heavy atom. The average Bonchev–Trinajstić information content (AvgIpc) is 2.35. The molecular formula is C13H16F3NO5S. The number of nitrogens with one attached hydrogen (secondary N) is 1. The first kappa shape index (κ1) is 19.2. The van der Waals surface area contributed by atoms with Crippen molar-refractivity contribution in [1.82, 2.24) is 4.72 Å². The monoisotopic (exact) mass is 355 g/mol. The van der Waals surface area contributed by atoms with E-state index in [1.807, 2.05) is 0 Å². The fourth-order valence-electron chi connectivity index (χ4n) is 1.83. The minimum atomic E-state index is -4.80. The number of sulfonamides is 1. The molecule has 6 nitrogen and oxygen atoms in total. The van der Waals surface area contributed by atoms with Crippen molar-refractivity contribution in [3.8, 4) is 5.75 Å². The summed E-state index contributed by atoms with van der Waals surface area (Å²) in [5, 5.41) is 18.6. The van der Waals surface area contributed by atoms with E-state index in [2.05, 4.69) is 0 Å². The highest BCUT2D eigenvalue weighted by Gasteiger charge is 2.34. The number of alkyl halides is 3. The average molecular weight is 355 g/mol. The maximum Gasteiger partial charge on any atom is 0.416 e. The lowest BCUT2D eigenvalue weighted by molar-refractivity contribution is -0.139. The SMILES string of the molecule is CC(C)C[C@H](NS(=O)(=O)c1cc(C(F)(F)F)ccc1O)C(=O)O. The first-order valence-electron chi connectivity index (χ1n) is 6.50. The van der Waals surface area contributed by atoms with E-state index in [0.29, 0.717) is 12.1 Å². The van der Waals surface area contributed by atoms with Crippen LogP contribution >= 0.6 is 0 Å². The lowest BCUT2D eigenvalue weighted by atomic mass is 10.1. The fraction of sp³-hybridized carbons (Fsp3) is 0.462. The number of aromatic hydroxyl groups is 1. The van der Waals surface area contributed by atoms with Crippen LogP contribution in [0.2, 0.25) is 0 Å². The van der Waals surface area contributed by atoms with Gasteiger partial charge in [0.05, 0.1) is 5.56 Å². The van der Waals surface area contributed by atoms with Crippen LogP contribution in [0.15, 0.2) is 23.1 Å². The lowest BCUT2D eigenvalue weighted by Gasteiger charge is -2.17. The van der Waals surface area contributed by atoms with Crippen molar-refractivity contribution >= 4 is 16.0 Å². The van der Waals surface area contributed by atoms with E-state index in [1.54, 1.807) is 18.6 Å². The molecule has 0 aliphatic rings. The molecule has 0 radical (unpaired) electrons. The topological polar surface area (TPSA) is 104 Å². The lowest BCUT2D eigenvalue weighted by Crippen LogP contribution is -2.41. The van der Waals surface area contributed by atoms with Gasteiger partial charge >= 0.3 is 12.1 Å². The smallest absolute Gasteiger partial charge is 0.416 e. The van der Waals surface area contributed by atoms with Crippen LogP contribution < -0.4 is 4.72 Å². The van der Waals surface area contributed by atoms with Gasteiger partial charge in [-0.15, -0.1) is 0 Å². The molecule has 0 aliphatic carbocycles. The number of hydrogen-bond acceptors (Lipinski definition) is 4. The zero-order valence-corrected chi connectivity index (χ0v) is 13.1. The van der Waals surface area contributed by atoms with Crippen LogP contribution in [-0.4, -0.2) is 30.6 Å². The van der Waals surface area contributed by atoms with Crippen LogP contribution in [0.3, 0.4) is 0 Å². The minimum Gasteiger partial charge on any atom is -0.507 e. The van der Waals surface area contributed by atoms with Gasteiger partial charge < -0.3 is 10.2 Å². The van der Waals surface area contributed by atoms with Crippen molar-refractivity contribution in [1.29, 1.82) is 0 Å². The van der Waals surface area contributed by atoms with Crippen molar-refractivity contribution in [3.63, 3.8) is 0 Å². The number of aliphatic carboxylic acids is 1. The van der Waals surface area contributed by atoms with Crippen LogP contribution in [0, 0.1) is 5.92 Å². The summed E-state index contributed by atoms with van der Waals surface area (Å²) < 4.78 is 64.0. The molecule has 1 atom stereocenters. The Kier molecular flexibility index (Phi) is 5.65. The standard InChI is InChI=1S/C13H16F3NO5S/c1-7(2)5-9(12(19)20)17-23(21,22)11-6-8(13(14,15)16)3-4-10(11)18/h3-4,6-7,9,17-18H,5H2,1-2H3,(H,19,20)/t9-/m0/s1. The maximum absolute atomic E-state index is 12.7. The van der Waals surface area contributed by atoms with E-state index in [0.717, 1.165) is 0 Å². The van der Waals surface area contributed by atoms with E-state index in [4.69, 9.17) is 5.11 Å². The van der Waals surface area contributed by atoms with Gasteiger partial charge in [-0.1, -0.05) is 13.8 Å². The number of hydrogen-bond donors (Lipinski definition) is 3. The summed E-state index contributed by atoms with van der Waals surface area (Å²) in [7, 11) is -4.64. The van der Waals surface area contributed by atoms with Crippen molar-refractivity contribution < 1.29 is 36.6 Å². The second-order valence-corrected chi connectivity index (χ2v) is 7.00. The Hall–Kier alpha value is -1.81. The maximum atomic E-state index is 12.7. The molecule has 0 saturated carbocycles. The highest BCUT2D eigenvalue weighted by Crippen LogP contribution is 2.34. The molecule has 0 saturated heterocycles. The van der Waals surface area contributed by atoms with Gasteiger partial charge in [0, 0.05) is 0 Å². The number of carboxylic acid groups (broad SMARTS) is 1. The summed E-state index contributed by atoms with van der Waals surface area (Å²) in [5.41, 5.74) is -1.27. The van der Waals surface area contributed by atoms with Gasteiger partial charge in [0.25, 0.3) is 0 Å². The molecular weight excluding hydrogens is 339 g/mol. The van der Waals surface area contributed by atoms with E-state index in [9.17, 15) is 31.5 Å². The number of benzene rings is 1. The number of carbonyl (C=O) groups is 1. The summed E-state index contributed by atoms with van der Waals surface area (Å²) >= 11 is 0. The quantitative estimate of drug-likeness (QED) is 0.726. The van der Waals surface area contributed by atoms with Gasteiger partial charge in [-0.2, -0.15) is 17.9 Å². The highest BCUT2D eigenvalue weighted by molar-refractivity contribution is 7.89. The van der Waals surface area contributed by atoms with Crippen LogP contribution in [-0.2, 0) is 21.0 Å². The van der Waals surface area contributed by atoms with E-state index in [1.165, 1.54) is 0 Å². The summed E-state index contributed by atoms with van der Waals surface area (Å²) in [4.78, 5) is 10.1. The van der Waals surface area contributed by atoms with Gasteiger partial charge in [-0.05, 0) is 30.5 Å². The summed E-state index contributed by atoms with van der Waals surface area (Å²) in [6.45, 7) is 3.32. The van der Waals surface area contributed by atoms with Gasteiger partial charge in [-0.25, -0.2) is 8.42 Å². The summed E-state index contributed by atoms with van der Waals surface area (Å²) in [6, 6.07) is -0.146.